The van der Waals surface area contributed by atoms with Crippen molar-refractivity contribution in [2.24, 2.45) is 5.73 Å². The molecule has 0 spiro atoms. The molecule has 6 rings (SSSR count). The number of hydrogen-bond donors (Lipinski definition) is 2. The van der Waals surface area contributed by atoms with Crippen LogP contribution in [-0.2, 0) is 15.0 Å². The molecule has 0 aromatic heterocycles. The number of hydrogen-bond acceptors (Lipinski definition) is 2. The third-order valence-corrected chi connectivity index (χ3v) is 8.06. The van der Waals surface area contributed by atoms with Crippen LogP contribution in [0.15, 0.2) is 140 Å². The Bertz CT molecular complexity index is 1510. The summed E-state index contributed by atoms with van der Waals surface area (Å²) in [6.07, 6.45) is 0.102. The summed E-state index contributed by atoms with van der Waals surface area (Å²) >= 11 is 0. The average molecular weight is 523 g/mol. The Labute approximate surface area is 234 Å². The van der Waals surface area contributed by atoms with Gasteiger partial charge in [-0.05, 0) is 38.9 Å². The molecule has 2 amide bonds. The molecular formula is C36H30N2O2. The van der Waals surface area contributed by atoms with Crippen LogP contribution >= 0.6 is 0 Å². The predicted octanol–water partition coefficient (Wildman–Crippen LogP) is 6.19. The van der Waals surface area contributed by atoms with Crippen molar-refractivity contribution in [1.82, 2.24) is 5.32 Å². The SMILES string of the molecule is NC(=O)[C@@H](NC(=O)CC(c1ccccc1)(c1ccccc1)c1ccccc1)C1c2ccccc2-c2ccccc21. The number of amides is 2. The minimum absolute atomic E-state index is 0.102. The van der Waals surface area contributed by atoms with Crippen LogP contribution in [0.1, 0.15) is 40.2 Å². The maximum absolute atomic E-state index is 14.2. The molecule has 1 aliphatic rings. The van der Waals surface area contributed by atoms with Gasteiger partial charge in [0.2, 0.25) is 11.8 Å². The molecular weight excluding hydrogens is 492 g/mol. The molecule has 4 heteroatoms. The number of rotatable bonds is 8. The van der Waals surface area contributed by atoms with Crippen molar-refractivity contribution >= 4 is 11.8 Å². The van der Waals surface area contributed by atoms with E-state index in [1.807, 2.05) is 91.0 Å². The molecule has 4 nitrogen and oxygen atoms in total. The third kappa shape index (κ3) is 4.38. The molecule has 0 bridgehead atoms. The fourth-order valence-corrected chi connectivity index (χ4v) is 6.31. The molecule has 0 radical (unpaired) electrons. The van der Waals surface area contributed by atoms with Gasteiger partial charge in [-0.2, -0.15) is 0 Å². The highest BCUT2D eigenvalue weighted by molar-refractivity contribution is 5.92. The van der Waals surface area contributed by atoms with Crippen molar-refractivity contribution in [2.75, 3.05) is 0 Å². The zero-order valence-corrected chi connectivity index (χ0v) is 22.0. The van der Waals surface area contributed by atoms with Crippen LogP contribution in [0, 0.1) is 0 Å². The van der Waals surface area contributed by atoms with Gasteiger partial charge in [0.05, 0.1) is 5.41 Å². The van der Waals surface area contributed by atoms with Crippen LogP contribution < -0.4 is 11.1 Å². The number of fused-ring (bicyclic) bond motifs is 3. The zero-order valence-electron chi connectivity index (χ0n) is 22.0. The second kappa shape index (κ2) is 10.7. The average Bonchev–Trinajstić information content (AvgIpc) is 3.34. The highest BCUT2D eigenvalue weighted by atomic mass is 16.2. The summed E-state index contributed by atoms with van der Waals surface area (Å²) in [5, 5.41) is 3.09. The quantitative estimate of drug-likeness (QED) is 0.238. The Morgan fingerprint density at radius 1 is 0.600 bits per heavy atom. The maximum Gasteiger partial charge on any atom is 0.240 e. The standard InChI is InChI=1S/C36H30N2O2/c37-35(40)34(33-30-22-12-10-20-28(30)29-21-11-13-23-31(29)33)38-32(39)24-36(25-14-4-1-5-15-25,26-16-6-2-7-17-26)27-18-8-3-9-19-27/h1-23,33-34H,24H2,(H2,37,40)(H,38,39)/t34-/m0/s1. The molecule has 196 valence electrons. The van der Waals surface area contributed by atoms with Crippen molar-refractivity contribution in [1.29, 1.82) is 0 Å². The Kier molecular flexibility index (Phi) is 6.75. The highest BCUT2D eigenvalue weighted by Gasteiger charge is 2.42. The van der Waals surface area contributed by atoms with Gasteiger partial charge in [0.15, 0.2) is 0 Å². The Morgan fingerprint density at radius 2 is 0.975 bits per heavy atom. The molecule has 5 aromatic carbocycles. The fraction of sp³-hybridized carbons (Fsp3) is 0.111. The third-order valence-electron chi connectivity index (χ3n) is 8.06. The minimum atomic E-state index is -0.905. The normalized spacial score (nSPS) is 13.2. The molecule has 0 saturated carbocycles. The van der Waals surface area contributed by atoms with Crippen LogP contribution in [-0.4, -0.2) is 17.9 Å². The van der Waals surface area contributed by atoms with Gasteiger partial charge in [-0.25, -0.2) is 0 Å². The lowest BCUT2D eigenvalue weighted by atomic mass is 9.67. The lowest BCUT2D eigenvalue weighted by Crippen LogP contribution is -2.49. The van der Waals surface area contributed by atoms with Crippen LogP contribution in [0.2, 0.25) is 0 Å². The van der Waals surface area contributed by atoms with E-state index in [1.54, 1.807) is 0 Å². The van der Waals surface area contributed by atoms with Gasteiger partial charge in [-0.3, -0.25) is 9.59 Å². The first kappa shape index (κ1) is 25.3. The molecule has 40 heavy (non-hydrogen) atoms. The van der Waals surface area contributed by atoms with Gasteiger partial charge in [-0.1, -0.05) is 140 Å². The predicted molar refractivity (Wildman–Crippen MR) is 159 cm³/mol. The van der Waals surface area contributed by atoms with Crippen molar-refractivity contribution in [3.8, 4) is 11.1 Å². The van der Waals surface area contributed by atoms with Gasteiger partial charge in [0.25, 0.3) is 0 Å². The van der Waals surface area contributed by atoms with Crippen molar-refractivity contribution in [3.05, 3.63) is 167 Å². The first-order valence-electron chi connectivity index (χ1n) is 13.5. The van der Waals surface area contributed by atoms with Crippen molar-refractivity contribution in [3.63, 3.8) is 0 Å². The summed E-state index contributed by atoms with van der Waals surface area (Å²) in [5.41, 5.74) is 12.4. The van der Waals surface area contributed by atoms with E-state index in [9.17, 15) is 9.59 Å². The van der Waals surface area contributed by atoms with E-state index < -0.39 is 17.4 Å². The van der Waals surface area contributed by atoms with Crippen LogP contribution in [0.4, 0.5) is 0 Å². The van der Waals surface area contributed by atoms with E-state index in [2.05, 4.69) is 53.8 Å². The fourth-order valence-electron chi connectivity index (χ4n) is 6.31. The van der Waals surface area contributed by atoms with E-state index in [4.69, 9.17) is 5.73 Å². The Hall–Kier alpha value is -4.96. The molecule has 0 saturated heterocycles. The van der Waals surface area contributed by atoms with E-state index >= 15 is 0 Å². The Balaban J connectivity index is 1.43. The number of benzene rings is 5. The van der Waals surface area contributed by atoms with Crippen LogP contribution in [0.3, 0.4) is 0 Å². The van der Waals surface area contributed by atoms with Crippen LogP contribution in [0.25, 0.3) is 11.1 Å². The van der Waals surface area contributed by atoms with Gasteiger partial charge in [0, 0.05) is 12.3 Å². The Morgan fingerprint density at radius 3 is 1.38 bits per heavy atom. The number of nitrogens with two attached hydrogens (primary N) is 1. The summed E-state index contributed by atoms with van der Waals surface area (Å²) in [7, 11) is 0. The van der Waals surface area contributed by atoms with Gasteiger partial charge in [-0.15, -0.1) is 0 Å². The molecule has 0 heterocycles. The van der Waals surface area contributed by atoms with Crippen LogP contribution in [0.5, 0.6) is 0 Å². The largest absolute Gasteiger partial charge is 0.368 e. The second-order valence-corrected chi connectivity index (χ2v) is 10.3. The molecule has 3 N–H and O–H groups in total. The van der Waals surface area contributed by atoms with E-state index in [0.717, 1.165) is 38.9 Å². The van der Waals surface area contributed by atoms with Crippen molar-refractivity contribution < 1.29 is 9.59 Å². The number of primary amides is 1. The number of carbonyl (C=O) groups excluding carboxylic acids is 2. The smallest absolute Gasteiger partial charge is 0.240 e. The first-order valence-corrected chi connectivity index (χ1v) is 13.5. The summed E-state index contributed by atoms with van der Waals surface area (Å²) in [6, 6.07) is 45.4. The summed E-state index contributed by atoms with van der Waals surface area (Å²) in [6.45, 7) is 0. The molecule has 0 fully saturated rings. The number of carbonyl (C=O) groups is 2. The summed E-state index contributed by atoms with van der Waals surface area (Å²) in [4.78, 5) is 27.2. The minimum Gasteiger partial charge on any atom is -0.368 e. The molecule has 5 aromatic rings. The zero-order chi connectivity index (χ0) is 27.5. The first-order chi connectivity index (χ1) is 19.6. The van der Waals surface area contributed by atoms with Gasteiger partial charge < -0.3 is 11.1 Å². The van der Waals surface area contributed by atoms with E-state index in [1.165, 1.54) is 0 Å². The van der Waals surface area contributed by atoms with Gasteiger partial charge in [0.1, 0.15) is 6.04 Å². The molecule has 0 unspecified atom stereocenters. The monoisotopic (exact) mass is 522 g/mol. The lowest BCUT2D eigenvalue weighted by molar-refractivity contribution is -0.128. The molecule has 1 aliphatic carbocycles. The molecule has 1 atom stereocenters. The van der Waals surface area contributed by atoms with E-state index in [0.29, 0.717) is 0 Å². The van der Waals surface area contributed by atoms with E-state index in [-0.39, 0.29) is 18.2 Å². The topological polar surface area (TPSA) is 72.2 Å². The van der Waals surface area contributed by atoms with Crippen molar-refractivity contribution in [2.45, 2.75) is 23.8 Å². The highest BCUT2D eigenvalue weighted by Crippen LogP contribution is 2.47. The second-order valence-electron chi connectivity index (χ2n) is 10.3. The molecule has 0 aliphatic heterocycles. The number of nitrogens with one attached hydrogen (secondary N) is 1. The van der Waals surface area contributed by atoms with Gasteiger partial charge >= 0.3 is 0 Å². The summed E-state index contributed by atoms with van der Waals surface area (Å²) in [5.74, 6) is -1.18. The summed E-state index contributed by atoms with van der Waals surface area (Å²) < 4.78 is 0. The lowest BCUT2D eigenvalue weighted by Gasteiger charge is -2.36. The maximum atomic E-state index is 14.2.